The molecule has 20 heavy (non-hydrogen) atoms. The lowest BCUT2D eigenvalue weighted by atomic mass is 9.98. The number of hydrogen-bond acceptors (Lipinski definition) is 2. The summed E-state index contributed by atoms with van der Waals surface area (Å²) in [4.78, 5) is 1.28. The minimum atomic E-state index is -0.486. The highest BCUT2D eigenvalue weighted by Crippen LogP contribution is 2.25. The van der Waals surface area contributed by atoms with E-state index >= 15 is 0 Å². The Hall–Kier alpha value is -1.26. The van der Waals surface area contributed by atoms with Crippen LogP contribution >= 0.6 is 11.3 Å². The molecule has 0 saturated carbocycles. The molecule has 0 fully saturated rings. The number of hydrogen-bond donors (Lipinski definition) is 1. The first-order valence-corrected chi connectivity index (χ1v) is 7.71. The van der Waals surface area contributed by atoms with Crippen LogP contribution in [0.1, 0.15) is 35.4 Å². The Morgan fingerprint density at radius 1 is 1.25 bits per heavy atom. The van der Waals surface area contributed by atoms with Crippen molar-refractivity contribution >= 4 is 11.3 Å². The van der Waals surface area contributed by atoms with E-state index < -0.39 is 11.6 Å². The van der Waals surface area contributed by atoms with Crippen molar-refractivity contribution < 1.29 is 8.78 Å². The third-order valence-corrected chi connectivity index (χ3v) is 4.30. The third-order valence-electron chi connectivity index (χ3n) is 3.36. The number of halogens is 2. The number of nitrogens with one attached hydrogen (secondary N) is 1. The summed E-state index contributed by atoms with van der Waals surface area (Å²) in [5, 5.41) is 5.33. The second-order valence-electron chi connectivity index (χ2n) is 4.85. The Morgan fingerprint density at radius 3 is 2.70 bits per heavy atom. The fourth-order valence-electron chi connectivity index (χ4n) is 2.30. The average Bonchev–Trinajstić information content (AvgIpc) is 2.92. The Labute approximate surface area is 122 Å². The molecule has 1 heterocycles. The second-order valence-corrected chi connectivity index (χ2v) is 5.88. The van der Waals surface area contributed by atoms with Gasteiger partial charge in [0.25, 0.3) is 0 Å². The summed E-state index contributed by atoms with van der Waals surface area (Å²) < 4.78 is 27.4. The first kappa shape index (κ1) is 15.1. The SMILES string of the molecule is CCNC(CCc1cccs1)c1cc(C)c(F)cc1F. The normalized spacial score (nSPS) is 12.6. The lowest BCUT2D eigenvalue weighted by Gasteiger charge is -2.19. The van der Waals surface area contributed by atoms with Gasteiger partial charge >= 0.3 is 0 Å². The monoisotopic (exact) mass is 295 g/mol. The molecular weight excluding hydrogens is 276 g/mol. The standard InChI is InChI=1S/C16H19F2NS/c1-3-19-16(7-6-12-5-4-8-20-12)13-9-11(2)14(17)10-15(13)18/h4-5,8-10,16,19H,3,6-7H2,1-2H3. The second kappa shape index (κ2) is 6.95. The summed E-state index contributed by atoms with van der Waals surface area (Å²) in [6, 6.07) is 6.62. The molecule has 0 aliphatic carbocycles. The molecule has 1 atom stereocenters. The van der Waals surface area contributed by atoms with Gasteiger partial charge < -0.3 is 5.32 Å². The van der Waals surface area contributed by atoms with Gasteiger partial charge in [0.15, 0.2) is 0 Å². The van der Waals surface area contributed by atoms with Crippen molar-refractivity contribution in [2.45, 2.75) is 32.7 Å². The van der Waals surface area contributed by atoms with E-state index in [1.54, 1.807) is 24.3 Å². The van der Waals surface area contributed by atoms with Crippen molar-refractivity contribution in [2.24, 2.45) is 0 Å². The zero-order valence-electron chi connectivity index (χ0n) is 11.7. The van der Waals surface area contributed by atoms with Gasteiger partial charge in [-0.1, -0.05) is 13.0 Å². The number of aryl methyl sites for hydroxylation is 2. The van der Waals surface area contributed by atoms with E-state index in [4.69, 9.17) is 0 Å². The van der Waals surface area contributed by atoms with Crippen molar-refractivity contribution in [3.05, 3.63) is 57.3 Å². The van der Waals surface area contributed by atoms with Gasteiger partial charge in [-0.05, 0) is 49.4 Å². The van der Waals surface area contributed by atoms with E-state index in [1.807, 2.05) is 18.4 Å². The summed E-state index contributed by atoms with van der Waals surface area (Å²) in [6.45, 7) is 4.41. The summed E-state index contributed by atoms with van der Waals surface area (Å²) in [6.07, 6.45) is 1.70. The summed E-state index contributed by atoms with van der Waals surface area (Å²) in [7, 11) is 0. The van der Waals surface area contributed by atoms with Gasteiger partial charge in [0, 0.05) is 22.5 Å². The van der Waals surface area contributed by atoms with Gasteiger partial charge in [-0.25, -0.2) is 8.78 Å². The lowest BCUT2D eigenvalue weighted by molar-refractivity contribution is 0.480. The maximum absolute atomic E-state index is 14.0. The number of rotatable bonds is 6. The van der Waals surface area contributed by atoms with E-state index in [2.05, 4.69) is 11.4 Å². The van der Waals surface area contributed by atoms with Crippen LogP contribution in [0.3, 0.4) is 0 Å². The molecule has 1 N–H and O–H groups in total. The fraction of sp³-hybridized carbons (Fsp3) is 0.375. The molecule has 1 unspecified atom stereocenters. The van der Waals surface area contributed by atoms with E-state index in [0.717, 1.165) is 25.5 Å². The molecule has 0 bridgehead atoms. The number of thiophene rings is 1. The predicted molar refractivity (Wildman–Crippen MR) is 80.2 cm³/mol. The van der Waals surface area contributed by atoms with Gasteiger partial charge in [-0.15, -0.1) is 11.3 Å². The van der Waals surface area contributed by atoms with Crippen molar-refractivity contribution in [1.29, 1.82) is 0 Å². The first-order chi connectivity index (χ1) is 9.61. The zero-order chi connectivity index (χ0) is 14.5. The third kappa shape index (κ3) is 3.64. The van der Waals surface area contributed by atoms with Crippen molar-refractivity contribution in [3.8, 4) is 0 Å². The quantitative estimate of drug-likeness (QED) is 0.820. The van der Waals surface area contributed by atoms with Crippen LogP contribution in [-0.2, 0) is 6.42 Å². The summed E-state index contributed by atoms with van der Waals surface area (Å²) in [5.41, 5.74) is 1.04. The van der Waals surface area contributed by atoms with Crippen LogP contribution in [0.15, 0.2) is 29.6 Å². The lowest BCUT2D eigenvalue weighted by Crippen LogP contribution is -2.22. The molecule has 0 saturated heterocycles. The summed E-state index contributed by atoms with van der Waals surface area (Å²) >= 11 is 1.71. The fourth-order valence-corrected chi connectivity index (χ4v) is 3.03. The van der Waals surface area contributed by atoms with E-state index in [0.29, 0.717) is 11.1 Å². The van der Waals surface area contributed by atoms with Gasteiger partial charge in [0.05, 0.1) is 0 Å². The van der Waals surface area contributed by atoms with E-state index in [1.165, 1.54) is 4.88 Å². The van der Waals surface area contributed by atoms with Crippen LogP contribution < -0.4 is 5.32 Å². The largest absolute Gasteiger partial charge is 0.310 e. The van der Waals surface area contributed by atoms with Crippen LogP contribution in [-0.4, -0.2) is 6.54 Å². The minimum absolute atomic E-state index is 0.0820. The molecule has 1 nitrogen and oxygen atoms in total. The zero-order valence-corrected chi connectivity index (χ0v) is 12.6. The molecule has 0 spiro atoms. The molecule has 0 radical (unpaired) electrons. The highest BCUT2D eigenvalue weighted by Gasteiger charge is 2.17. The Balaban J connectivity index is 2.17. The molecule has 1 aromatic heterocycles. The van der Waals surface area contributed by atoms with E-state index in [-0.39, 0.29) is 6.04 Å². The van der Waals surface area contributed by atoms with E-state index in [9.17, 15) is 8.78 Å². The Kier molecular flexibility index (Phi) is 5.26. The molecule has 1 aromatic carbocycles. The molecule has 4 heteroatoms. The molecule has 0 amide bonds. The summed E-state index contributed by atoms with van der Waals surface area (Å²) in [5.74, 6) is -0.954. The van der Waals surface area contributed by atoms with Crippen molar-refractivity contribution in [2.75, 3.05) is 6.54 Å². The van der Waals surface area contributed by atoms with Crippen molar-refractivity contribution in [1.82, 2.24) is 5.32 Å². The highest BCUT2D eigenvalue weighted by molar-refractivity contribution is 7.09. The van der Waals surface area contributed by atoms with Crippen LogP contribution in [0.2, 0.25) is 0 Å². The van der Waals surface area contributed by atoms with Gasteiger partial charge in [0.2, 0.25) is 0 Å². The first-order valence-electron chi connectivity index (χ1n) is 6.83. The smallest absolute Gasteiger partial charge is 0.130 e. The maximum atomic E-state index is 14.0. The molecule has 2 rings (SSSR count). The topological polar surface area (TPSA) is 12.0 Å². The highest BCUT2D eigenvalue weighted by atomic mass is 32.1. The molecule has 0 aliphatic heterocycles. The van der Waals surface area contributed by atoms with Crippen LogP contribution in [0.5, 0.6) is 0 Å². The average molecular weight is 295 g/mol. The Bertz CT molecular complexity index is 552. The van der Waals surface area contributed by atoms with Gasteiger partial charge in [0.1, 0.15) is 11.6 Å². The van der Waals surface area contributed by atoms with Crippen molar-refractivity contribution in [3.63, 3.8) is 0 Å². The minimum Gasteiger partial charge on any atom is -0.310 e. The predicted octanol–water partition coefficient (Wildman–Crippen LogP) is 4.62. The van der Waals surface area contributed by atoms with Crippen LogP contribution in [0.25, 0.3) is 0 Å². The molecule has 2 aromatic rings. The molecule has 0 aliphatic rings. The Morgan fingerprint density at radius 2 is 2.05 bits per heavy atom. The van der Waals surface area contributed by atoms with Crippen LogP contribution in [0, 0.1) is 18.6 Å². The van der Waals surface area contributed by atoms with Gasteiger partial charge in [-0.3, -0.25) is 0 Å². The number of benzene rings is 1. The van der Waals surface area contributed by atoms with Gasteiger partial charge in [-0.2, -0.15) is 0 Å². The maximum Gasteiger partial charge on any atom is 0.130 e. The van der Waals surface area contributed by atoms with Crippen LogP contribution in [0.4, 0.5) is 8.78 Å². The molecule has 108 valence electrons. The molecular formula is C16H19F2NS.